The Balaban J connectivity index is 1.53. The van der Waals surface area contributed by atoms with Crippen LogP contribution in [0.5, 0.6) is 0 Å². The SMILES string of the molecule is CC(=O)N1CCc2c(c(Nc3cccc(-c4cnn(C)c4)c3C#N)nn2CC2CC2)C1. The van der Waals surface area contributed by atoms with E-state index >= 15 is 0 Å². The van der Waals surface area contributed by atoms with Crippen molar-refractivity contribution in [3.63, 3.8) is 0 Å². The van der Waals surface area contributed by atoms with Gasteiger partial charge in [0.15, 0.2) is 5.82 Å². The predicted octanol–water partition coefficient (Wildman–Crippen LogP) is 3.21. The molecule has 8 nitrogen and oxygen atoms in total. The Morgan fingerprint density at radius 1 is 1.35 bits per heavy atom. The van der Waals surface area contributed by atoms with Crippen LogP contribution in [-0.2, 0) is 31.4 Å². The van der Waals surface area contributed by atoms with Gasteiger partial charge in [-0.25, -0.2) is 0 Å². The lowest BCUT2D eigenvalue weighted by molar-refractivity contribution is -0.129. The normalized spacial score (nSPS) is 15.5. The van der Waals surface area contributed by atoms with E-state index in [-0.39, 0.29) is 5.91 Å². The number of carbonyl (C=O) groups is 1. The average molecular weight is 416 g/mol. The molecule has 2 aliphatic rings. The second-order valence-electron chi connectivity index (χ2n) is 8.46. The third kappa shape index (κ3) is 3.67. The molecule has 1 aromatic carbocycles. The minimum absolute atomic E-state index is 0.0721. The number of aryl methyl sites for hydroxylation is 1. The monoisotopic (exact) mass is 415 g/mol. The molecule has 31 heavy (non-hydrogen) atoms. The highest BCUT2D eigenvalue weighted by Gasteiger charge is 2.30. The van der Waals surface area contributed by atoms with E-state index in [2.05, 4.69) is 21.2 Å². The number of hydrogen-bond acceptors (Lipinski definition) is 5. The summed E-state index contributed by atoms with van der Waals surface area (Å²) in [5.74, 6) is 1.51. The number of aromatic nitrogens is 4. The smallest absolute Gasteiger partial charge is 0.219 e. The van der Waals surface area contributed by atoms with Crippen LogP contribution in [0.15, 0.2) is 30.6 Å². The second-order valence-corrected chi connectivity index (χ2v) is 8.46. The fourth-order valence-electron chi connectivity index (χ4n) is 4.26. The van der Waals surface area contributed by atoms with Gasteiger partial charge in [0.2, 0.25) is 5.91 Å². The molecule has 3 aromatic rings. The number of nitrogens with one attached hydrogen (secondary N) is 1. The summed E-state index contributed by atoms with van der Waals surface area (Å²) in [5, 5.41) is 22.5. The third-order valence-electron chi connectivity index (χ3n) is 6.15. The van der Waals surface area contributed by atoms with Crippen molar-refractivity contribution in [3.05, 3.63) is 47.4 Å². The Kier molecular flexibility index (Phi) is 4.74. The fourth-order valence-corrected chi connectivity index (χ4v) is 4.26. The highest BCUT2D eigenvalue weighted by molar-refractivity contribution is 5.80. The van der Waals surface area contributed by atoms with E-state index in [1.165, 1.54) is 18.5 Å². The zero-order valence-corrected chi connectivity index (χ0v) is 17.8. The number of nitriles is 1. The summed E-state index contributed by atoms with van der Waals surface area (Å²) in [6, 6.07) is 8.11. The van der Waals surface area contributed by atoms with E-state index in [1.54, 1.807) is 17.8 Å². The van der Waals surface area contributed by atoms with Gasteiger partial charge < -0.3 is 10.2 Å². The van der Waals surface area contributed by atoms with Crippen molar-refractivity contribution in [2.45, 2.75) is 39.3 Å². The summed E-state index contributed by atoms with van der Waals surface area (Å²) in [7, 11) is 1.86. The van der Waals surface area contributed by atoms with Crippen LogP contribution in [0.4, 0.5) is 11.5 Å². The van der Waals surface area contributed by atoms with Crippen LogP contribution in [0.25, 0.3) is 11.1 Å². The van der Waals surface area contributed by atoms with Crippen molar-refractivity contribution in [3.8, 4) is 17.2 Å². The molecular formula is C23H25N7O. The molecular weight excluding hydrogens is 390 g/mol. The maximum absolute atomic E-state index is 12.0. The number of anilines is 2. The number of carbonyl (C=O) groups excluding carboxylic acids is 1. The highest BCUT2D eigenvalue weighted by atomic mass is 16.2. The van der Waals surface area contributed by atoms with Gasteiger partial charge in [-0.3, -0.25) is 14.2 Å². The Hall–Kier alpha value is -3.60. The van der Waals surface area contributed by atoms with Gasteiger partial charge in [-0.2, -0.15) is 15.5 Å². The van der Waals surface area contributed by atoms with Crippen LogP contribution in [-0.4, -0.2) is 36.9 Å². The summed E-state index contributed by atoms with van der Waals surface area (Å²) < 4.78 is 3.84. The van der Waals surface area contributed by atoms with E-state index in [9.17, 15) is 10.1 Å². The topological polar surface area (TPSA) is 91.8 Å². The summed E-state index contributed by atoms with van der Waals surface area (Å²) in [4.78, 5) is 13.9. The van der Waals surface area contributed by atoms with Crippen LogP contribution < -0.4 is 5.32 Å². The molecule has 0 unspecified atom stereocenters. The Morgan fingerprint density at radius 2 is 2.19 bits per heavy atom. The Labute approximate surface area is 181 Å². The molecule has 1 aliphatic carbocycles. The maximum atomic E-state index is 12.0. The fraction of sp³-hybridized carbons (Fsp3) is 0.391. The summed E-state index contributed by atoms with van der Waals surface area (Å²) in [6.45, 7) is 3.79. The molecule has 0 spiro atoms. The van der Waals surface area contributed by atoms with E-state index in [0.717, 1.165) is 42.0 Å². The third-order valence-corrected chi connectivity index (χ3v) is 6.15. The Bertz CT molecular complexity index is 1200. The number of nitrogens with zero attached hydrogens (tertiary/aromatic N) is 6. The van der Waals surface area contributed by atoms with Crippen molar-refractivity contribution < 1.29 is 4.79 Å². The van der Waals surface area contributed by atoms with E-state index in [0.29, 0.717) is 23.7 Å². The molecule has 8 heteroatoms. The van der Waals surface area contributed by atoms with Gasteiger partial charge in [-0.15, -0.1) is 0 Å². The predicted molar refractivity (Wildman–Crippen MR) is 116 cm³/mol. The van der Waals surface area contributed by atoms with Crippen LogP contribution in [0.1, 0.15) is 36.6 Å². The molecule has 3 heterocycles. The van der Waals surface area contributed by atoms with Crippen molar-refractivity contribution in [1.82, 2.24) is 24.5 Å². The lowest BCUT2D eigenvalue weighted by Gasteiger charge is -2.27. The minimum atomic E-state index is 0.0721. The molecule has 0 bridgehead atoms. The molecule has 0 atom stereocenters. The molecule has 2 aromatic heterocycles. The van der Waals surface area contributed by atoms with Crippen LogP contribution in [0.3, 0.4) is 0 Å². The standard InChI is InChI=1S/C23H25N7O/c1-15(31)29-9-8-22-20(14-29)23(27-30(22)12-16-6-7-16)26-21-5-3-4-18(19(21)10-24)17-11-25-28(2)13-17/h3-5,11,13,16H,6-9,12,14H2,1-2H3,(H,26,27). The number of hydrogen-bond donors (Lipinski definition) is 1. The van der Waals surface area contributed by atoms with Crippen molar-refractivity contribution in [2.24, 2.45) is 13.0 Å². The zero-order valence-electron chi connectivity index (χ0n) is 17.8. The van der Waals surface area contributed by atoms with Gasteiger partial charge in [0.05, 0.1) is 24.0 Å². The van der Waals surface area contributed by atoms with Crippen LogP contribution >= 0.6 is 0 Å². The summed E-state index contributed by atoms with van der Waals surface area (Å²) in [6.07, 6.45) is 6.97. The largest absolute Gasteiger partial charge is 0.338 e. The van der Waals surface area contributed by atoms with Crippen molar-refractivity contribution >= 4 is 17.4 Å². The first kappa shape index (κ1) is 19.4. The first-order valence-electron chi connectivity index (χ1n) is 10.7. The van der Waals surface area contributed by atoms with Crippen LogP contribution in [0, 0.1) is 17.2 Å². The quantitative estimate of drug-likeness (QED) is 0.691. The van der Waals surface area contributed by atoms with Gasteiger partial charge >= 0.3 is 0 Å². The molecule has 1 amide bonds. The number of rotatable bonds is 5. The summed E-state index contributed by atoms with van der Waals surface area (Å²) in [5.41, 5.74) is 5.25. The minimum Gasteiger partial charge on any atom is -0.338 e. The molecule has 0 radical (unpaired) electrons. The molecule has 1 aliphatic heterocycles. The maximum Gasteiger partial charge on any atom is 0.219 e. The zero-order chi connectivity index (χ0) is 21.5. The van der Waals surface area contributed by atoms with Gasteiger partial charge in [0.25, 0.3) is 0 Å². The number of benzene rings is 1. The van der Waals surface area contributed by atoms with E-state index < -0.39 is 0 Å². The second kappa shape index (κ2) is 7.58. The van der Waals surface area contributed by atoms with E-state index in [1.807, 2.05) is 36.3 Å². The number of amides is 1. The van der Waals surface area contributed by atoms with Gasteiger partial charge in [-0.05, 0) is 24.8 Å². The first-order chi connectivity index (χ1) is 15.0. The molecule has 5 rings (SSSR count). The molecule has 158 valence electrons. The summed E-state index contributed by atoms with van der Waals surface area (Å²) >= 11 is 0. The van der Waals surface area contributed by atoms with Crippen molar-refractivity contribution in [1.29, 1.82) is 5.26 Å². The van der Waals surface area contributed by atoms with Gasteiger partial charge in [0, 0.05) is 62.1 Å². The molecule has 0 saturated heterocycles. The molecule has 1 fully saturated rings. The van der Waals surface area contributed by atoms with Gasteiger partial charge in [0.1, 0.15) is 6.07 Å². The van der Waals surface area contributed by atoms with Crippen LogP contribution in [0.2, 0.25) is 0 Å². The number of fused-ring (bicyclic) bond motifs is 1. The highest BCUT2D eigenvalue weighted by Crippen LogP contribution is 2.36. The lowest BCUT2D eigenvalue weighted by atomic mass is 10.0. The van der Waals surface area contributed by atoms with E-state index in [4.69, 9.17) is 5.10 Å². The Morgan fingerprint density at radius 3 is 2.87 bits per heavy atom. The van der Waals surface area contributed by atoms with Crippen molar-refractivity contribution in [2.75, 3.05) is 11.9 Å². The van der Waals surface area contributed by atoms with Gasteiger partial charge in [-0.1, -0.05) is 12.1 Å². The molecule has 1 N–H and O–H groups in total. The molecule has 1 saturated carbocycles. The first-order valence-corrected chi connectivity index (χ1v) is 10.7. The lowest BCUT2D eigenvalue weighted by Crippen LogP contribution is -2.34. The average Bonchev–Trinajstić information content (AvgIpc) is 3.38.